The summed E-state index contributed by atoms with van der Waals surface area (Å²) < 4.78 is 32.7. The lowest BCUT2D eigenvalue weighted by atomic mass is 10.1. The van der Waals surface area contributed by atoms with Gasteiger partial charge in [-0.2, -0.15) is 0 Å². The standard InChI is InChI=1S/C16H21F2NO/c1-5-6-7-8-20-15-13(17)9-12(10-14(15)18)11-19-16(2,3)4/h1,9-10,19H,6-8,11H2,2-4H3. The van der Waals surface area contributed by atoms with Crippen LogP contribution in [0.3, 0.4) is 0 Å². The fourth-order valence-corrected chi connectivity index (χ4v) is 1.57. The average Bonchev–Trinajstić information content (AvgIpc) is 2.34. The summed E-state index contributed by atoms with van der Waals surface area (Å²) in [7, 11) is 0. The highest BCUT2D eigenvalue weighted by Gasteiger charge is 2.14. The molecule has 0 bridgehead atoms. The lowest BCUT2D eigenvalue weighted by molar-refractivity contribution is 0.281. The van der Waals surface area contributed by atoms with Gasteiger partial charge in [-0.1, -0.05) is 0 Å². The maximum absolute atomic E-state index is 13.8. The summed E-state index contributed by atoms with van der Waals surface area (Å²) in [5.74, 6) is 0.748. The molecule has 1 rings (SSSR count). The van der Waals surface area contributed by atoms with E-state index in [0.717, 1.165) is 0 Å². The van der Waals surface area contributed by atoms with Gasteiger partial charge in [-0.15, -0.1) is 12.3 Å². The van der Waals surface area contributed by atoms with Crippen molar-refractivity contribution in [2.75, 3.05) is 6.61 Å². The van der Waals surface area contributed by atoms with Crippen LogP contribution in [0.2, 0.25) is 0 Å². The van der Waals surface area contributed by atoms with Crippen molar-refractivity contribution in [3.8, 4) is 18.1 Å². The molecule has 0 saturated heterocycles. The van der Waals surface area contributed by atoms with Crippen molar-refractivity contribution in [1.29, 1.82) is 0 Å². The Morgan fingerprint density at radius 1 is 1.25 bits per heavy atom. The van der Waals surface area contributed by atoms with Crippen molar-refractivity contribution in [3.63, 3.8) is 0 Å². The second-order valence-electron chi connectivity index (χ2n) is 5.65. The van der Waals surface area contributed by atoms with E-state index in [1.54, 1.807) is 0 Å². The molecule has 1 aromatic rings. The van der Waals surface area contributed by atoms with Crippen LogP contribution >= 0.6 is 0 Å². The number of terminal acetylenes is 1. The number of rotatable bonds is 6. The highest BCUT2D eigenvalue weighted by atomic mass is 19.1. The summed E-state index contributed by atoms with van der Waals surface area (Å²) in [5.41, 5.74) is 0.433. The fourth-order valence-electron chi connectivity index (χ4n) is 1.57. The molecule has 0 spiro atoms. The summed E-state index contributed by atoms with van der Waals surface area (Å²) in [6.45, 7) is 6.57. The maximum Gasteiger partial charge on any atom is 0.190 e. The molecule has 0 saturated carbocycles. The van der Waals surface area contributed by atoms with Crippen molar-refractivity contribution < 1.29 is 13.5 Å². The third-order valence-electron chi connectivity index (χ3n) is 2.59. The first-order valence-corrected chi connectivity index (χ1v) is 6.62. The first-order valence-electron chi connectivity index (χ1n) is 6.62. The van der Waals surface area contributed by atoms with Crippen LogP contribution in [0.5, 0.6) is 5.75 Å². The van der Waals surface area contributed by atoms with Gasteiger partial charge < -0.3 is 10.1 Å². The predicted octanol–water partition coefficient (Wildman–Crippen LogP) is 3.65. The summed E-state index contributed by atoms with van der Waals surface area (Å²) in [6, 6.07) is 2.58. The lowest BCUT2D eigenvalue weighted by Gasteiger charge is -2.20. The highest BCUT2D eigenvalue weighted by Crippen LogP contribution is 2.24. The first-order chi connectivity index (χ1) is 9.33. The minimum absolute atomic E-state index is 0.114. The molecular weight excluding hydrogens is 260 g/mol. The van der Waals surface area contributed by atoms with Crippen LogP contribution in [0.25, 0.3) is 0 Å². The van der Waals surface area contributed by atoms with Gasteiger partial charge in [-0.25, -0.2) is 8.78 Å². The van der Waals surface area contributed by atoms with E-state index >= 15 is 0 Å². The van der Waals surface area contributed by atoms with Gasteiger partial charge in [-0.05, 0) is 44.9 Å². The van der Waals surface area contributed by atoms with Crippen molar-refractivity contribution >= 4 is 0 Å². The summed E-state index contributed by atoms with van der Waals surface area (Å²) in [5, 5.41) is 3.18. The highest BCUT2D eigenvalue weighted by molar-refractivity contribution is 5.31. The van der Waals surface area contributed by atoms with E-state index in [-0.39, 0.29) is 17.9 Å². The molecule has 1 aromatic carbocycles. The van der Waals surface area contributed by atoms with E-state index in [9.17, 15) is 8.78 Å². The molecule has 0 aliphatic rings. The lowest BCUT2D eigenvalue weighted by Crippen LogP contribution is -2.35. The van der Waals surface area contributed by atoms with E-state index in [2.05, 4.69) is 11.2 Å². The van der Waals surface area contributed by atoms with Crippen LogP contribution in [0, 0.1) is 24.0 Å². The Morgan fingerprint density at radius 2 is 1.85 bits per heavy atom. The molecule has 0 aromatic heterocycles. The second-order valence-corrected chi connectivity index (χ2v) is 5.65. The molecule has 0 radical (unpaired) electrons. The molecule has 0 atom stereocenters. The molecule has 0 aliphatic heterocycles. The van der Waals surface area contributed by atoms with Gasteiger partial charge in [0.15, 0.2) is 17.4 Å². The Morgan fingerprint density at radius 3 is 2.35 bits per heavy atom. The van der Waals surface area contributed by atoms with E-state index in [0.29, 0.717) is 24.9 Å². The smallest absolute Gasteiger partial charge is 0.190 e. The van der Waals surface area contributed by atoms with Gasteiger partial charge >= 0.3 is 0 Å². The normalized spacial score (nSPS) is 11.2. The number of hydrogen-bond donors (Lipinski definition) is 1. The zero-order chi connectivity index (χ0) is 15.2. The Hall–Kier alpha value is -1.60. The Bertz CT molecular complexity index is 463. The average molecular weight is 281 g/mol. The molecule has 1 N–H and O–H groups in total. The van der Waals surface area contributed by atoms with E-state index in [4.69, 9.17) is 11.2 Å². The molecule has 110 valence electrons. The monoisotopic (exact) mass is 281 g/mol. The van der Waals surface area contributed by atoms with E-state index in [1.165, 1.54) is 12.1 Å². The Kier molecular flexibility index (Phi) is 5.97. The molecule has 0 unspecified atom stereocenters. The molecule has 0 amide bonds. The van der Waals surface area contributed by atoms with Crippen molar-refractivity contribution in [1.82, 2.24) is 5.32 Å². The molecule has 2 nitrogen and oxygen atoms in total. The molecule has 20 heavy (non-hydrogen) atoms. The number of halogens is 2. The summed E-state index contributed by atoms with van der Waals surface area (Å²) in [6.07, 6.45) is 6.19. The third kappa shape index (κ3) is 5.58. The van der Waals surface area contributed by atoms with Gasteiger partial charge in [0.2, 0.25) is 0 Å². The molecular formula is C16H21F2NO. The molecule has 0 heterocycles. The van der Waals surface area contributed by atoms with Crippen molar-refractivity contribution in [2.24, 2.45) is 0 Å². The number of hydrogen-bond acceptors (Lipinski definition) is 2. The van der Waals surface area contributed by atoms with Crippen LogP contribution < -0.4 is 10.1 Å². The SMILES string of the molecule is C#CCCCOc1c(F)cc(CNC(C)(C)C)cc1F. The van der Waals surface area contributed by atoms with Gasteiger partial charge in [0.25, 0.3) is 0 Å². The minimum atomic E-state index is -0.684. The predicted molar refractivity (Wildman–Crippen MR) is 76.5 cm³/mol. The maximum atomic E-state index is 13.8. The van der Waals surface area contributed by atoms with Crippen molar-refractivity contribution in [3.05, 3.63) is 29.3 Å². The van der Waals surface area contributed by atoms with E-state index < -0.39 is 11.6 Å². The Labute approximate surface area is 119 Å². The molecule has 0 aliphatic carbocycles. The second kappa shape index (κ2) is 7.25. The Balaban J connectivity index is 2.69. The largest absolute Gasteiger partial charge is 0.488 e. The quantitative estimate of drug-likeness (QED) is 0.635. The van der Waals surface area contributed by atoms with Gasteiger partial charge in [0.05, 0.1) is 6.61 Å². The molecule has 0 fully saturated rings. The summed E-state index contributed by atoms with van der Waals surface area (Å²) >= 11 is 0. The number of ether oxygens (including phenoxy) is 1. The zero-order valence-electron chi connectivity index (χ0n) is 12.2. The van der Waals surface area contributed by atoms with Crippen LogP contribution in [0.4, 0.5) is 8.78 Å². The topological polar surface area (TPSA) is 21.3 Å². The van der Waals surface area contributed by atoms with Crippen LogP contribution in [0.1, 0.15) is 39.2 Å². The number of nitrogens with one attached hydrogen (secondary N) is 1. The first kappa shape index (κ1) is 16.5. The van der Waals surface area contributed by atoms with Crippen LogP contribution in [-0.2, 0) is 6.54 Å². The number of unbranched alkanes of at least 4 members (excludes halogenated alkanes) is 1. The minimum Gasteiger partial charge on any atom is -0.488 e. The third-order valence-corrected chi connectivity index (χ3v) is 2.59. The van der Waals surface area contributed by atoms with Gasteiger partial charge in [-0.3, -0.25) is 0 Å². The van der Waals surface area contributed by atoms with Crippen molar-refractivity contribution in [2.45, 2.75) is 45.7 Å². The number of benzene rings is 1. The summed E-state index contributed by atoms with van der Waals surface area (Å²) in [4.78, 5) is 0. The fraction of sp³-hybridized carbons (Fsp3) is 0.500. The zero-order valence-corrected chi connectivity index (χ0v) is 12.2. The van der Waals surface area contributed by atoms with Gasteiger partial charge in [0.1, 0.15) is 0 Å². The van der Waals surface area contributed by atoms with Crippen LogP contribution in [0.15, 0.2) is 12.1 Å². The van der Waals surface area contributed by atoms with E-state index in [1.807, 2.05) is 20.8 Å². The molecule has 4 heteroatoms. The van der Waals surface area contributed by atoms with Crippen LogP contribution in [-0.4, -0.2) is 12.1 Å². The van der Waals surface area contributed by atoms with Gasteiger partial charge in [0, 0.05) is 18.5 Å².